The van der Waals surface area contributed by atoms with Gasteiger partial charge in [-0.05, 0) is 37.3 Å². The van der Waals surface area contributed by atoms with Crippen LogP contribution in [0.4, 0.5) is 0 Å². The minimum atomic E-state index is -0.676. The molecule has 1 N–H and O–H groups in total. The first-order valence-electron chi connectivity index (χ1n) is 9.46. The number of hydrogen-bond donors (Lipinski definition) is 1. The lowest BCUT2D eigenvalue weighted by Gasteiger charge is -2.27. The lowest BCUT2D eigenvalue weighted by Crippen LogP contribution is -2.25. The first-order chi connectivity index (χ1) is 12.1. The number of benzene rings is 1. The largest absolute Gasteiger partial charge is 0.481 e. The first-order valence-corrected chi connectivity index (χ1v) is 9.46. The molecule has 0 aliphatic heterocycles. The van der Waals surface area contributed by atoms with Crippen molar-refractivity contribution in [3.05, 3.63) is 46.8 Å². The molecule has 2 aromatic rings. The van der Waals surface area contributed by atoms with Crippen molar-refractivity contribution in [3.63, 3.8) is 0 Å². The first kappa shape index (κ1) is 20.9. The molecule has 1 saturated carbocycles. The highest BCUT2D eigenvalue weighted by Crippen LogP contribution is 2.30. The van der Waals surface area contributed by atoms with Gasteiger partial charge >= 0.3 is 5.97 Å². The van der Waals surface area contributed by atoms with E-state index < -0.39 is 5.97 Å². The third-order valence-electron chi connectivity index (χ3n) is 4.47. The number of rotatable bonds is 3. The molecular weight excluding hydrogens is 314 g/mol. The van der Waals surface area contributed by atoms with Crippen molar-refractivity contribution in [1.82, 2.24) is 4.57 Å². The van der Waals surface area contributed by atoms with Crippen LogP contribution in [0.15, 0.2) is 41.3 Å². The van der Waals surface area contributed by atoms with Crippen molar-refractivity contribution in [2.24, 2.45) is 11.8 Å². The highest BCUT2D eigenvalue weighted by molar-refractivity contribution is 5.78. The standard InChI is InChI=1S/C17H19NO3.2C2H6/c19-16-8-9-18(15-7-2-1-6-14(15)16)11-12-4-3-5-13(10-12)17(20)21;2*1-2/h1-2,6-9,12-13H,3-5,10-11H2,(H,20,21);2*1-2H3. The molecule has 138 valence electrons. The summed E-state index contributed by atoms with van der Waals surface area (Å²) >= 11 is 0. The summed E-state index contributed by atoms with van der Waals surface area (Å²) in [5.41, 5.74) is 0.969. The average Bonchev–Trinajstić information content (AvgIpc) is 2.68. The highest BCUT2D eigenvalue weighted by atomic mass is 16.4. The summed E-state index contributed by atoms with van der Waals surface area (Å²) in [5.74, 6) is -0.524. The molecule has 3 rings (SSSR count). The van der Waals surface area contributed by atoms with Crippen LogP contribution in [0.25, 0.3) is 10.9 Å². The van der Waals surface area contributed by atoms with Crippen molar-refractivity contribution < 1.29 is 9.90 Å². The van der Waals surface area contributed by atoms with E-state index in [1.807, 2.05) is 58.2 Å². The van der Waals surface area contributed by atoms with Crippen molar-refractivity contribution in [3.8, 4) is 0 Å². The molecule has 0 saturated heterocycles. The Hall–Kier alpha value is -2.10. The minimum Gasteiger partial charge on any atom is -0.481 e. The van der Waals surface area contributed by atoms with Gasteiger partial charge in [0.05, 0.1) is 11.4 Å². The number of para-hydroxylation sites is 1. The number of carboxylic acid groups (broad SMARTS) is 1. The summed E-state index contributed by atoms with van der Waals surface area (Å²) in [6, 6.07) is 9.19. The van der Waals surface area contributed by atoms with Gasteiger partial charge in [0.25, 0.3) is 0 Å². The number of pyridine rings is 1. The van der Waals surface area contributed by atoms with Crippen molar-refractivity contribution in [2.75, 3.05) is 0 Å². The summed E-state index contributed by atoms with van der Waals surface area (Å²) in [5, 5.41) is 9.91. The Morgan fingerprint density at radius 1 is 1.12 bits per heavy atom. The molecule has 0 bridgehead atoms. The molecule has 0 spiro atoms. The van der Waals surface area contributed by atoms with Gasteiger partial charge in [-0.25, -0.2) is 0 Å². The molecule has 4 nitrogen and oxygen atoms in total. The van der Waals surface area contributed by atoms with Gasteiger partial charge in [-0.3, -0.25) is 9.59 Å². The molecule has 1 aliphatic carbocycles. The van der Waals surface area contributed by atoms with Gasteiger partial charge in [-0.1, -0.05) is 46.2 Å². The molecule has 2 unspecified atom stereocenters. The molecule has 1 aromatic heterocycles. The van der Waals surface area contributed by atoms with Crippen LogP contribution < -0.4 is 5.43 Å². The Morgan fingerprint density at radius 2 is 1.80 bits per heavy atom. The van der Waals surface area contributed by atoms with E-state index in [0.717, 1.165) is 43.1 Å². The van der Waals surface area contributed by atoms with E-state index >= 15 is 0 Å². The summed E-state index contributed by atoms with van der Waals surface area (Å²) in [4.78, 5) is 23.0. The van der Waals surface area contributed by atoms with Gasteiger partial charge in [-0.15, -0.1) is 0 Å². The molecule has 2 atom stereocenters. The van der Waals surface area contributed by atoms with Crippen LogP contribution in [0.2, 0.25) is 0 Å². The Kier molecular flexibility index (Phi) is 8.96. The monoisotopic (exact) mass is 345 g/mol. The van der Waals surface area contributed by atoms with Crippen LogP contribution in [-0.2, 0) is 11.3 Å². The highest BCUT2D eigenvalue weighted by Gasteiger charge is 2.27. The third kappa shape index (κ3) is 5.45. The van der Waals surface area contributed by atoms with E-state index in [-0.39, 0.29) is 11.3 Å². The van der Waals surface area contributed by atoms with E-state index in [0.29, 0.717) is 5.92 Å². The fourth-order valence-electron chi connectivity index (χ4n) is 3.38. The number of hydrogen-bond acceptors (Lipinski definition) is 2. The van der Waals surface area contributed by atoms with E-state index in [9.17, 15) is 14.7 Å². The van der Waals surface area contributed by atoms with Gasteiger partial charge in [0.15, 0.2) is 5.43 Å². The van der Waals surface area contributed by atoms with E-state index in [1.54, 1.807) is 6.07 Å². The maximum Gasteiger partial charge on any atom is 0.306 e. The van der Waals surface area contributed by atoms with E-state index in [1.165, 1.54) is 0 Å². The van der Waals surface area contributed by atoms with Gasteiger partial charge in [0.2, 0.25) is 0 Å². The third-order valence-corrected chi connectivity index (χ3v) is 4.47. The Bertz CT molecular complexity index is 720. The molecule has 1 aliphatic rings. The maximum absolute atomic E-state index is 11.9. The number of aromatic nitrogens is 1. The molecule has 1 aromatic carbocycles. The topological polar surface area (TPSA) is 59.3 Å². The number of nitrogens with zero attached hydrogens (tertiary/aromatic N) is 1. The van der Waals surface area contributed by atoms with Gasteiger partial charge < -0.3 is 9.67 Å². The van der Waals surface area contributed by atoms with Crippen molar-refractivity contribution in [1.29, 1.82) is 0 Å². The fraction of sp³-hybridized carbons (Fsp3) is 0.524. The summed E-state index contributed by atoms with van der Waals surface area (Å²) in [6.07, 6.45) is 5.38. The van der Waals surface area contributed by atoms with Crippen molar-refractivity contribution >= 4 is 16.9 Å². The summed E-state index contributed by atoms with van der Waals surface area (Å²) in [6.45, 7) is 8.78. The normalized spacial score (nSPS) is 19.2. The zero-order valence-electron chi connectivity index (χ0n) is 15.9. The van der Waals surface area contributed by atoms with E-state index in [2.05, 4.69) is 4.57 Å². The van der Waals surface area contributed by atoms with Gasteiger partial charge in [0, 0.05) is 24.2 Å². The van der Waals surface area contributed by atoms with Gasteiger partial charge in [-0.2, -0.15) is 0 Å². The lowest BCUT2D eigenvalue weighted by molar-refractivity contribution is -0.143. The molecule has 25 heavy (non-hydrogen) atoms. The Labute approximate surface area is 150 Å². The number of carbonyl (C=O) groups is 1. The van der Waals surface area contributed by atoms with Crippen LogP contribution in [0, 0.1) is 11.8 Å². The second-order valence-electron chi connectivity index (χ2n) is 5.92. The fourth-order valence-corrected chi connectivity index (χ4v) is 3.38. The zero-order chi connectivity index (χ0) is 18.8. The molecule has 0 amide bonds. The molecule has 1 fully saturated rings. The van der Waals surface area contributed by atoms with Gasteiger partial charge in [0.1, 0.15) is 0 Å². The summed E-state index contributed by atoms with van der Waals surface area (Å²) in [7, 11) is 0. The van der Waals surface area contributed by atoms with Crippen LogP contribution >= 0.6 is 0 Å². The van der Waals surface area contributed by atoms with Crippen LogP contribution in [0.1, 0.15) is 53.4 Å². The molecule has 4 heteroatoms. The molecule has 1 heterocycles. The number of carboxylic acids is 1. The number of aliphatic carboxylic acids is 1. The van der Waals surface area contributed by atoms with Crippen LogP contribution in [0.3, 0.4) is 0 Å². The van der Waals surface area contributed by atoms with Crippen LogP contribution in [0.5, 0.6) is 0 Å². The second kappa shape index (κ2) is 10.7. The minimum absolute atomic E-state index is 0.0360. The Balaban J connectivity index is 0.000000730. The smallest absolute Gasteiger partial charge is 0.306 e. The van der Waals surface area contributed by atoms with E-state index in [4.69, 9.17) is 0 Å². The maximum atomic E-state index is 11.9. The SMILES string of the molecule is CC.CC.O=C(O)C1CCCC(Cn2ccc(=O)c3ccccc32)C1. The van der Waals surface area contributed by atoms with Crippen molar-refractivity contribution in [2.45, 2.75) is 59.9 Å². The number of fused-ring (bicyclic) bond motifs is 1. The zero-order valence-corrected chi connectivity index (χ0v) is 15.9. The lowest BCUT2D eigenvalue weighted by atomic mass is 9.81. The Morgan fingerprint density at radius 3 is 2.48 bits per heavy atom. The predicted octanol–water partition coefficient (Wildman–Crippen LogP) is 4.94. The average molecular weight is 345 g/mol. The second-order valence-corrected chi connectivity index (χ2v) is 5.92. The quantitative estimate of drug-likeness (QED) is 0.856. The predicted molar refractivity (Wildman–Crippen MR) is 104 cm³/mol. The molecule has 0 radical (unpaired) electrons. The molecular formula is C21H31NO3. The summed E-state index contributed by atoms with van der Waals surface area (Å²) < 4.78 is 2.09. The van der Waals surface area contributed by atoms with Crippen LogP contribution in [-0.4, -0.2) is 15.6 Å².